The summed E-state index contributed by atoms with van der Waals surface area (Å²) in [7, 11) is 0. The molecule has 2 aromatic rings. The normalized spacial score (nSPS) is 24.3. The molecule has 2 aliphatic rings. The number of hydrazone groups is 1. The lowest BCUT2D eigenvalue weighted by atomic mass is 9.72. The molecule has 2 aliphatic carbocycles. The van der Waals surface area contributed by atoms with Crippen LogP contribution in [0.1, 0.15) is 57.8 Å². The van der Waals surface area contributed by atoms with E-state index in [1.807, 2.05) is 18.2 Å². The van der Waals surface area contributed by atoms with Gasteiger partial charge in [-0.15, -0.1) is 0 Å². The fourth-order valence-corrected chi connectivity index (χ4v) is 4.46. The maximum atomic E-state index is 4.82. The third-order valence-electron chi connectivity index (χ3n) is 5.76. The second-order valence-corrected chi connectivity index (χ2v) is 7.35. The van der Waals surface area contributed by atoms with E-state index in [4.69, 9.17) is 5.10 Å². The molecule has 0 radical (unpaired) electrons. The highest BCUT2D eigenvalue weighted by Gasteiger charge is 2.29. The van der Waals surface area contributed by atoms with Gasteiger partial charge in [0.15, 0.2) is 0 Å². The van der Waals surface area contributed by atoms with E-state index in [1.165, 1.54) is 62.5 Å². The van der Waals surface area contributed by atoms with Crippen LogP contribution in [0.3, 0.4) is 0 Å². The fourth-order valence-electron chi connectivity index (χ4n) is 4.46. The maximum absolute atomic E-state index is 4.82. The third kappa shape index (κ3) is 3.45. The van der Waals surface area contributed by atoms with Crippen molar-refractivity contribution in [2.75, 3.05) is 5.43 Å². The van der Waals surface area contributed by atoms with Gasteiger partial charge in [-0.05, 0) is 56.2 Å². The van der Waals surface area contributed by atoms with Crippen LogP contribution in [0.15, 0.2) is 41.5 Å². The van der Waals surface area contributed by atoms with E-state index in [2.05, 4.69) is 28.6 Å². The Morgan fingerprint density at radius 3 is 2.62 bits per heavy atom. The van der Waals surface area contributed by atoms with Crippen LogP contribution in [0.25, 0.3) is 10.9 Å². The highest BCUT2D eigenvalue weighted by Crippen LogP contribution is 2.37. The van der Waals surface area contributed by atoms with Crippen LogP contribution >= 0.6 is 0 Å². The Morgan fingerprint density at radius 2 is 1.71 bits per heavy atom. The summed E-state index contributed by atoms with van der Waals surface area (Å²) in [6.45, 7) is 0. The Bertz CT molecular complexity index is 716. The van der Waals surface area contributed by atoms with Gasteiger partial charge in [0.25, 0.3) is 0 Å². The van der Waals surface area contributed by atoms with Crippen LogP contribution in [0.2, 0.25) is 0 Å². The summed E-state index contributed by atoms with van der Waals surface area (Å²) >= 11 is 0. The number of rotatable bonds is 3. The lowest BCUT2D eigenvalue weighted by Gasteiger charge is -2.33. The summed E-state index contributed by atoms with van der Waals surface area (Å²) in [6, 6.07) is 12.4. The molecule has 3 nitrogen and oxygen atoms in total. The average molecular weight is 321 g/mol. The Balaban J connectivity index is 1.51. The molecule has 0 bridgehead atoms. The molecule has 4 rings (SSSR count). The summed E-state index contributed by atoms with van der Waals surface area (Å²) in [6.07, 6.45) is 12.2. The maximum Gasteiger partial charge on any atom is 0.146 e. The van der Waals surface area contributed by atoms with Crippen LogP contribution < -0.4 is 5.43 Å². The molecule has 0 amide bonds. The molecule has 24 heavy (non-hydrogen) atoms. The summed E-state index contributed by atoms with van der Waals surface area (Å²) in [4.78, 5) is 4.68. The molecule has 1 heterocycles. The van der Waals surface area contributed by atoms with Crippen molar-refractivity contribution in [2.24, 2.45) is 16.9 Å². The zero-order valence-corrected chi connectivity index (χ0v) is 14.4. The highest BCUT2D eigenvalue weighted by atomic mass is 15.3. The van der Waals surface area contributed by atoms with Gasteiger partial charge in [-0.25, -0.2) is 4.98 Å². The highest BCUT2D eigenvalue weighted by molar-refractivity contribution is 5.88. The predicted molar refractivity (Wildman–Crippen MR) is 101 cm³/mol. The lowest BCUT2D eigenvalue weighted by Crippen LogP contribution is -2.29. The van der Waals surface area contributed by atoms with Crippen LogP contribution in [-0.4, -0.2) is 10.7 Å². The number of pyridine rings is 1. The van der Waals surface area contributed by atoms with Crippen molar-refractivity contribution in [3.8, 4) is 0 Å². The van der Waals surface area contributed by atoms with E-state index in [0.29, 0.717) is 5.92 Å². The Morgan fingerprint density at radius 1 is 0.875 bits per heavy atom. The molecule has 3 heteroatoms. The topological polar surface area (TPSA) is 37.3 Å². The van der Waals surface area contributed by atoms with Crippen molar-refractivity contribution in [3.63, 3.8) is 0 Å². The standard InChI is InChI=1S/C21H27N3/c1-2-8-16(9-3-1)18-11-5-7-13-20(18)23-24-21-15-14-17-10-4-6-12-19(17)22-21/h4,6,10,12,14-16,18H,1-3,5,7-9,11,13H2,(H,22,24)/b23-20-/t18-/m0/s1. The molecule has 1 atom stereocenters. The van der Waals surface area contributed by atoms with Gasteiger partial charge in [-0.3, -0.25) is 5.43 Å². The first kappa shape index (κ1) is 15.6. The molecule has 1 aromatic carbocycles. The van der Waals surface area contributed by atoms with Crippen LogP contribution in [0.4, 0.5) is 5.82 Å². The first-order chi connectivity index (χ1) is 11.9. The van der Waals surface area contributed by atoms with Crippen molar-refractivity contribution in [1.29, 1.82) is 0 Å². The van der Waals surface area contributed by atoms with E-state index in [0.717, 1.165) is 23.7 Å². The molecular weight excluding hydrogens is 294 g/mol. The molecule has 0 saturated heterocycles. The first-order valence-corrected chi connectivity index (χ1v) is 9.58. The number of hydrogen-bond acceptors (Lipinski definition) is 3. The number of nitrogens with one attached hydrogen (secondary N) is 1. The number of para-hydroxylation sites is 1. The van der Waals surface area contributed by atoms with Crippen LogP contribution in [0.5, 0.6) is 0 Å². The van der Waals surface area contributed by atoms with Crippen LogP contribution in [-0.2, 0) is 0 Å². The third-order valence-corrected chi connectivity index (χ3v) is 5.76. The van der Waals surface area contributed by atoms with Crippen molar-refractivity contribution in [3.05, 3.63) is 36.4 Å². The molecule has 1 N–H and O–H groups in total. The smallest absolute Gasteiger partial charge is 0.146 e. The van der Waals surface area contributed by atoms with Gasteiger partial charge in [-0.1, -0.05) is 43.9 Å². The molecule has 0 unspecified atom stereocenters. The number of nitrogens with zero attached hydrogens (tertiary/aromatic N) is 2. The van der Waals surface area contributed by atoms with E-state index < -0.39 is 0 Å². The van der Waals surface area contributed by atoms with E-state index >= 15 is 0 Å². The molecule has 2 saturated carbocycles. The molecule has 126 valence electrons. The summed E-state index contributed by atoms with van der Waals surface area (Å²) < 4.78 is 0. The van der Waals surface area contributed by atoms with Gasteiger partial charge in [0, 0.05) is 17.0 Å². The second-order valence-electron chi connectivity index (χ2n) is 7.35. The minimum Gasteiger partial charge on any atom is -0.261 e. The van der Waals surface area contributed by atoms with E-state index in [1.54, 1.807) is 0 Å². The molecule has 0 aliphatic heterocycles. The van der Waals surface area contributed by atoms with Gasteiger partial charge < -0.3 is 0 Å². The van der Waals surface area contributed by atoms with Gasteiger partial charge >= 0.3 is 0 Å². The molecule has 0 spiro atoms. The quantitative estimate of drug-likeness (QED) is 0.728. The van der Waals surface area contributed by atoms with E-state index in [9.17, 15) is 0 Å². The number of anilines is 1. The predicted octanol–water partition coefficient (Wildman–Crippen LogP) is 5.77. The Kier molecular flexibility index (Phi) is 4.77. The number of fused-ring (bicyclic) bond motifs is 1. The Hall–Kier alpha value is -1.90. The molecular formula is C21H27N3. The minimum absolute atomic E-state index is 0.701. The van der Waals surface area contributed by atoms with Crippen molar-refractivity contribution >= 4 is 22.4 Å². The number of hydrogen-bond donors (Lipinski definition) is 1. The average Bonchev–Trinajstić information content (AvgIpc) is 2.67. The largest absolute Gasteiger partial charge is 0.261 e. The minimum atomic E-state index is 0.701. The lowest BCUT2D eigenvalue weighted by molar-refractivity contribution is 0.274. The summed E-state index contributed by atoms with van der Waals surface area (Å²) in [5.74, 6) is 2.42. The summed E-state index contributed by atoms with van der Waals surface area (Å²) in [5, 5.41) is 6.00. The van der Waals surface area contributed by atoms with Crippen molar-refractivity contribution in [1.82, 2.24) is 4.98 Å². The molecule has 2 fully saturated rings. The van der Waals surface area contributed by atoms with Crippen molar-refractivity contribution < 1.29 is 0 Å². The number of aromatic nitrogens is 1. The zero-order chi connectivity index (χ0) is 16.2. The van der Waals surface area contributed by atoms with Gasteiger partial charge in [0.2, 0.25) is 0 Å². The van der Waals surface area contributed by atoms with Crippen LogP contribution in [0, 0.1) is 11.8 Å². The fraction of sp³-hybridized carbons (Fsp3) is 0.524. The molecule has 1 aromatic heterocycles. The van der Waals surface area contributed by atoms with Gasteiger partial charge in [0.1, 0.15) is 5.82 Å². The van der Waals surface area contributed by atoms with Gasteiger partial charge in [0.05, 0.1) is 5.52 Å². The summed E-state index contributed by atoms with van der Waals surface area (Å²) in [5.41, 5.74) is 5.67. The van der Waals surface area contributed by atoms with Crippen molar-refractivity contribution in [2.45, 2.75) is 57.8 Å². The van der Waals surface area contributed by atoms with Gasteiger partial charge in [-0.2, -0.15) is 5.10 Å². The monoisotopic (exact) mass is 321 g/mol. The zero-order valence-electron chi connectivity index (χ0n) is 14.4. The second kappa shape index (κ2) is 7.33. The number of benzene rings is 1. The first-order valence-electron chi connectivity index (χ1n) is 9.58. The Labute approximate surface area is 144 Å². The van der Waals surface area contributed by atoms with E-state index in [-0.39, 0.29) is 0 Å². The SMILES string of the molecule is c1ccc2nc(N/N=C3/CCCC[C@H]3C3CCCCC3)ccc2c1.